The van der Waals surface area contributed by atoms with Crippen molar-refractivity contribution in [2.75, 3.05) is 12.3 Å². The van der Waals surface area contributed by atoms with E-state index < -0.39 is 5.97 Å². The van der Waals surface area contributed by atoms with Gasteiger partial charge in [-0.3, -0.25) is 9.79 Å². The minimum Gasteiger partial charge on any atom is -0.481 e. The van der Waals surface area contributed by atoms with Gasteiger partial charge >= 0.3 is 5.97 Å². The molecule has 82 valence electrons. The standard InChI is InChI=1S/C11H15NO2S/c13-10(14)6-8-3-4-9-2-1-5-15-11(9)12-7-8/h1-2,8-9H,3-7H2,(H,13,14). The molecule has 15 heavy (non-hydrogen) atoms. The summed E-state index contributed by atoms with van der Waals surface area (Å²) in [6.07, 6.45) is 6.71. The highest BCUT2D eigenvalue weighted by Crippen LogP contribution is 2.30. The molecule has 0 bridgehead atoms. The van der Waals surface area contributed by atoms with Crippen molar-refractivity contribution in [1.82, 2.24) is 0 Å². The van der Waals surface area contributed by atoms with Crippen molar-refractivity contribution >= 4 is 22.8 Å². The van der Waals surface area contributed by atoms with Gasteiger partial charge in [0.2, 0.25) is 0 Å². The highest BCUT2D eigenvalue weighted by atomic mass is 32.2. The van der Waals surface area contributed by atoms with Gasteiger partial charge in [-0.2, -0.15) is 0 Å². The van der Waals surface area contributed by atoms with Crippen LogP contribution in [0.1, 0.15) is 19.3 Å². The van der Waals surface area contributed by atoms with E-state index in [4.69, 9.17) is 5.11 Å². The summed E-state index contributed by atoms with van der Waals surface area (Å²) in [5.74, 6) is 1.00. The summed E-state index contributed by atoms with van der Waals surface area (Å²) in [5.41, 5.74) is 0. The van der Waals surface area contributed by atoms with Crippen LogP contribution in [0.3, 0.4) is 0 Å². The molecule has 0 aliphatic carbocycles. The zero-order valence-corrected chi connectivity index (χ0v) is 9.37. The van der Waals surface area contributed by atoms with Gasteiger partial charge in [0.25, 0.3) is 0 Å². The molecule has 0 saturated carbocycles. The van der Waals surface area contributed by atoms with E-state index in [2.05, 4.69) is 17.1 Å². The summed E-state index contributed by atoms with van der Waals surface area (Å²) >= 11 is 1.80. The van der Waals surface area contributed by atoms with Gasteiger partial charge in [0, 0.05) is 24.6 Å². The molecule has 2 atom stereocenters. The number of nitrogens with zero attached hydrogens (tertiary/aromatic N) is 1. The van der Waals surface area contributed by atoms with Gasteiger partial charge in [-0.05, 0) is 18.8 Å². The van der Waals surface area contributed by atoms with E-state index in [1.54, 1.807) is 11.8 Å². The molecule has 0 aromatic rings. The quantitative estimate of drug-likeness (QED) is 0.733. The number of hydrogen-bond donors (Lipinski definition) is 1. The smallest absolute Gasteiger partial charge is 0.303 e. The second-order valence-electron chi connectivity index (χ2n) is 4.07. The minimum absolute atomic E-state index is 0.231. The van der Waals surface area contributed by atoms with Crippen molar-refractivity contribution in [2.45, 2.75) is 19.3 Å². The van der Waals surface area contributed by atoms with Crippen LogP contribution in [0.4, 0.5) is 0 Å². The Labute approximate surface area is 93.7 Å². The van der Waals surface area contributed by atoms with Crippen molar-refractivity contribution in [3.8, 4) is 0 Å². The fourth-order valence-corrected chi connectivity index (χ4v) is 3.02. The first-order valence-electron chi connectivity index (χ1n) is 5.31. The fourth-order valence-electron chi connectivity index (χ4n) is 2.06. The molecule has 2 heterocycles. The van der Waals surface area contributed by atoms with E-state index in [0.717, 1.165) is 18.6 Å². The lowest BCUT2D eigenvalue weighted by Crippen LogP contribution is -2.11. The molecule has 0 saturated heterocycles. The fraction of sp³-hybridized carbons (Fsp3) is 0.636. The Kier molecular flexibility index (Phi) is 3.46. The number of allylic oxidation sites excluding steroid dienone is 1. The first-order chi connectivity index (χ1) is 7.25. The zero-order valence-electron chi connectivity index (χ0n) is 8.56. The average molecular weight is 225 g/mol. The van der Waals surface area contributed by atoms with Crippen LogP contribution in [0.2, 0.25) is 0 Å². The first-order valence-corrected chi connectivity index (χ1v) is 6.30. The van der Waals surface area contributed by atoms with Gasteiger partial charge in [-0.1, -0.05) is 12.2 Å². The summed E-state index contributed by atoms with van der Waals surface area (Å²) in [7, 11) is 0. The van der Waals surface area contributed by atoms with Crippen molar-refractivity contribution in [3.63, 3.8) is 0 Å². The van der Waals surface area contributed by atoms with Crippen molar-refractivity contribution < 1.29 is 9.90 Å². The molecule has 0 aromatic carbocycles. The molecule has 2 aliphatic rings. The molecule has 1 N–H and O–H groups in total. The molecule has 3 nitrogen and oxygen atoms in total. The van der Waals surface area contributed by atoms with E-state index in [1.807, 2.05) is 0 Å². The molecule has 2 unspecified atom stereocenters. The van der Waals surface area contributed by atoms with Crippen LogP contribution < -0.4 is 0 Å². The Hall–Kier alpha value is -0.770. The maximum Gasteiger partial charge on any atom is 0.303 e. The lowest BCUT2D eigenvalue weighted by atomic mass is 9.95. The molecule has 0 spiro atoms. The van der Waals surface area contributed by atoms with Gasteiger partial charge < -0.3 is 5.11 Å². The van der Waals surface area contributed by atoms with Gasteiger partial charge in [0.05, 0.1) is 5.04 Å². The molecule has 4 heteroatoms. The third-order valence-electron chi connectivity index (χ3n) is 2.87. The Balaban J connectivity index is 2.00. The van der Waals surface area contributed by atoms with E-state index in [-0.39, 0.29) is 12.3 Å². The van der Waals surface area contributed by atoms with Crippen LogP contribution in [-0.2, 0) is 4.79 Å². The van der Waals surface area contributed by atoms with Crippen LogP contribution in [0.5, 0.6) is 0 Å². The maximum absolute atomic E-state index is 10.6. The highest BCUT2D eigenvalue weighted by molar-refractivity contribution is 8.14. The normalized spacial score (nSPS) is 30.3. The van der Waals surface area contributed by atoms with Gasteiger partial charge in [-0.25, -0.2) is 0 Å². The zero-order chi connectivity index (χ0) is 10.7. The molecule has 0 amide bonds. The average Bonchev–Trinajstić information content (AvgIpc) is 2.41. The largest absolute Gasteiger partial charge is 0.481 e. The van der Waals surface area contributed by atoms with Crippen molar-refractivity contribution in [2.24, 2.45) is 16.8 Å². The van der Waals surface area contributed by atoms with Crippen LogP contribution >= 0.6 is 11.8 Å². The lowest BCUT2D eigenvalue weighted by molar-refractivity contribution is -0.138. The highest BCUT2D eigenvalue weighted by Gasteiger charge is 2.23. The number of rotatable bonds is 2. The molecule has 0 radical (unpaired) electrons. The summed E-state index contributed by atoms with van der Waals surface area (Å²) < 4.78 is 0. The molecular weight excluding hydrogens is 210 g/mol. The van der Waals surface area contributed by atoms with Gasteiger partial charge in [0.15, 0.2) is 0 Å². The second kappa shape index (κ2) is 4.84. The Morgan fingerprint density at radius 2 is 2.47 bits per heavy atom. The van der Waals surface area contributed by atoms with Gasteiger partial charge in [-0.15, -0.1) is 11.8 Å². The summed E-state index contributed by atoms with van der Waals surface area (Å²) in [4.78, 5) is 15.2. The summed E-state index contributed by atoms with van der Waals surface area (Å²) in [6.45, 7) is 0.693. The van der Waals surface area contributed by atoms with E-state index in [1.165, 1.54) is 5.04 Å². The van der Waals surface area contributed by atoms with Crippen LogP contribution in [0, 0.1) is 11.8 Å². The predicted molar refractivity (Wildman–Crippen MR) is 62.4 cm³/mol. The number of carboxylic acid groups (broad SMARTS) is 1. The SMILES string of the molecule is O=C(O)CC1CCC2C=CCSC2=NC1. The first kappa shape index (κ1) is 10.7. The predicted octanol–water partition coefficient (Wildman–Crippen LogP) is 2.19. The molecular formula is C11H15NO2S. The lowest BCUT2D eigenvalue weighted by Gasteiger charge is -2.16. The number of fused-ring (bicyclic) bond motifs is 1. The molecule has 0 fully saturated rings. The van der Waals surface area contributed by atoms with Crippen LogP contribution in [0.15, 0.2) is 17.1 Å². The molecule has 2 aliphatic heterocycles. The number of carboxylic acids is 1. The van der Waals surface area contributed by atoms with Crippen LogP contribution in [-0.4, -0.2) is 28.4 Å². The molecule has 2 rings (SSSR count). The Morgan fingerprint density at radius 1 is 1.60 bits per heavy atom. The third kappa shape index (κ3) is 2.84. The summed E-state index contributed by atoms with van der Waals surface area (Å²) in [6, 6.07) is 0. The van der Waals surface area contributed by atoms with Crippen molar-refractivity contribution in [1.29, 1.82) is 0 Å². The minimum atomic E-state index is -0.701. The Bertz CT molecular complexity index is 312. The number of thioether (sulfide) groups is 1. The third-order valence-corrected chi connectivity index (χ3v) is 3.95. The maximum atomic E-state index is 10.6. The second-order valence-corrected chi connectivity index (χ2v) is 5.11. The van der Waals surface area contributed by atoms with Crippen LogP contribution in [0.25, 0.3) is 0 Å². The van der Waals surface area contributed by atoms with Gasteiger partial charge in [0.1, 0.15) is 0 Å². The number of aliphatic imine (C=N–C) groups is 1. The van der Waals surface area contributed by atoms with E-state index >= 15 is 0 Å². The summed E-state index contributed by atoms with van der Waals surface area (Å²) in [5, 5.41) is 9.96. The molecule has 0 aromatic heterocycles. The monoisotopic (exact) mass is 225 g/mol. The van der Waals surface area contributed by atoms with Crippen molar-refractivity contribution in [3.05, 3.63) is 12.2 Å². The number of hydrogen-bond acceptors (Lipinski definition) is 3. The van der Waals surface area contributed by atoms with E-state index in [0.29, 0.717) is 12.5 Å². The number of carbonyl (C=O) groups is 1. The van der Waals surface area contributed by atoms with E-state index in [9.17, 15) is 4.79 Å². The Morgan fingerprint density at radius 3 is 3.27 bits per heavy atom. The number of aliphatic carboxylic acids is 1. The topological polar surface area (TPSA) is 49.7 Å².